The highest BCUT2D eigenvalue weighted by Crippen LogP contribution is 2.15. The first kappa shape index (κ1) is 15.4. The molecule has 0 aliphatic heterocycles. The van der Waals surface area contributed by atoms with Gasteiger partial charge < -0.3 is 5.32 Å². The van der Waals surface area contributed by atoms with Crippen LogP contribution in [-0.4, -0.2) is 27.3 Å². The maximum atomic E-state index is 12.9. The van der Waals surface area contributed by atoms with Crippen LogP contribution in [0.2, 0.25) is 5.02 Å². The SMILES string of the molecule is CCNS(=O)(=O)CCNCc1ccc(F)c(Cl)c1. The highest BCUT2D eigenvalue weighted by atomic mass is 35.5. The standard InChI is InChI=1S/C11H16ClFN2O2S/c1-2-15-18(16,17)6-5-14-8-9-3-4-11(13)10(12)7-9/h3-4,7,14-15H,2,5-6,8H2,1H3. The second-order valence-corrected chi connectivity index (χ2v) is 6.08. The minimum absolute atomic E-state index is 0.00969. The maximum absolute atomic E-state index is 12.9. The number of sulfonamides is 1. The molecule has 0 radical (unpaired) electrons. The second kappa shape index (κ2) is 7.04. The number of hydrogen-bond donors (Lipinski definition) is 2. The van der Waals surface area contributed by atoms with Gasteiger partial charge in [0, 0.05) is 19.6 Å². The number of rotatable bonds is 7. The molecule has 0 aromatic heterocycles. The maximum Gasteiger partial charge on any atom is 0.212 e. The van der Waals surface area contributed by atoms with Crippen LogP contribution in [0.5, 0.6) is 0 Å². The van der Waals surface area contributed by atoms with Crippen molar-refractivity contribution >= 4 is 21.6 Å². The molecule has 0 fully saturated rings. The molecule has 102 valence electrons. The van der Waals surface area contributed by atoms with Gasteiger partial charge in [0.1, 0.15) is 5.82 Å². The molecular formula is C11H16ClFN2O2S. The van der Waals surface area contributed by atoms with E-state index in [2.05, 4.69) is 10.0 Å². The Kier molecular flexibility index (Phi) is 6.01. The van der Waals surface area contributed by atoms with Gasteiger partial charge >= 0.3 is 0 Å². The number of hydrogen-bond acceptors (Lipinski definition) is 3. The zero-order valence-electron chi connectivity index (χ0n) is 10.0. The van der Waals surface area contributed by atoms with Crippen LogP contribution in [0.3, 0.4) is 0 Å². The average molecular weight is 295 g/mol. The Morgan fingerprint density at radius 3 is 2.72 bits per heavy atom. The third-order valence-electron chi connectivity index (χ3n) is 2.22. The van der Waals surface area contributed by atoms with E-state index in [-0.39, 0.29) is 10.8 Å². The van der Waals surface area contributed by atoms with Crippen LogP contribution >= 0.6 is 11.6 Å². The summed E-state index contributed by atoms with van der Waals surface area (Å²) < 4.78 is 37.9. The van der Waals surface area contributed by atoms with Crippen molar-refractivity contribution in [2.45, 2.75) is 13.5 Å². The van der Waals surface area contributed by atoms with Crippen LogP contribution in [0.25, 0.3) is 0 Å². The van der Waals surface area contributed by atoms with Gasteiger partial charge in [0.15, 0.2) is 0 Å². The first-order valence-electron chi connectivity index (χ1n) is 5.56. The third kappa shape index (κ3) is 5.30. The van der Waals surface area contributed by atoms with E-state index < -0.39 is 15.8 Å². The number of nitrogens with one attached hydrogen (secondary N) is 2. The number of halogens is 2. The molecule has 2 N–H and O–H groups in total. The molecule has 4 nitrogen and oxygen atoms in total. The quantitative estimate of drug-likeness (QED) is 0.750. The van der Waals surface area contributed by atoms with Crippen LogP contribution < -0.4 is 10.0 Å². The Bertz CT molecular complexity index is 494. The summed E-state index contributed by atoms with van der Waals surface area (Å²) in [6.45, 7) is 2.88. The first-order valence-corrected chi connectivity index (χ1v) is 7.59. The lowest BCUT2D eigenvalue weighted by Gasteiger charge is -2.07. The van der Waals surface area contributed by atoms with Gasteiger partial charge in [0.05, 0.1) is 10.8 Å². The molecular weight excluding hydrogens is 279 g/mol. The Labute approximate surface area is 112 Å². The molecule has 0 amide bonds. The van der Waals surface area contributed by atoms with Crippen molar-refractivity contribution in [3.8, 4) is 0 Å². The van der Waals surface area contributed by atoms with Crippen LogP contribution in [-0.2, 0) is 16.6 Å². The van der Waals surface area contributed by atoms with Gasteiger partial charge in [-0.2, -0.15) is 0 Å². The fourth-order valence-corrected chi connectivity index (χ4v) is 2.58. The van der Waals surface area contributed by atoms with Crippen LogP contribution in [0.1, 0.15) is 12.5 Å². The van der Waals surface area contributed by atoms with Gasteiger partial charge in [-0.3, -0.25) is 0 Å². The summed E-state index contributed by atoms with van der Waals surface area (Å²) in [5, 5.41) is 3.03. The molecule has 1 aromatic carbocycles. The Balaban J connectivity index is 2.36. The van der Waals surface area contributed by atoms with Gasteiger partial charge in [0.2, 0.25) is 10.0 Å². The molecule has 0 bridgehead atoms. The summed E-state index contributed by atoms with van der Waals surface area (Å²) in [7, 11) is -3.20. The molecule has 0 aliphatic carbocycles. The topological polar surface area (TPSA) is 58.2 Å². The van der Waals surface area contributed by atoms with Crippen molar-refractivity contribution in [1.29, 1.82) is 0 Å². The fourth-order valence-electron chi connectivity index (χ4n) is 1.38. The summed E-state index contributed by atoms with van der Waals surface area (Å²) in [6.07, 6.45) is 0. The van der Waals surface area contributed by atoms with E-state index in [1.165, 1.54) is 12.1 Å². The highest BCUT2D eigenvalue weighted by Gasteiger charge is 2.07. The molecule has 0 unspecified atom stereocenters. The van der Waals surface area contributed by atoms with Crippen molar-refractivity contribution in [3.63, 3.8) is 0 Å². The van der Waals surface area contributed by atoms with Crippen LogP contribution in [0.15, 0.2) is 18.2 Å². The third-order valence-corrected chi connectivity index (χ3v) is 3.98. The smallest absolute Gasteiger partial charge is 0.212 e. The number of benzene rings is 1. The summed E-state index contributed by atoms with van der Waals surface area (Å²) >= 11 is 5.63. The van der Waals surface area contributed by atoms with Gasteiger partial charge in [-0.25, -0.2) is 17.5 Å². The average Bonchev–Trinajstić information content (AvgIpc) is 2.29. The van der Waals surface area contributed by atoms with Crippen LogP contribution in [0, 0.1) is 5.82 Å². The molecule has 0 saturated heterocycles. The van der Waals surface area contributed by atoms with Crippen LogP contribution in [0.4, 0.5) is 4.39 Å². The molecule has 0 heterocycles. The molecule has 1 rings (SSSR count). The molecule has 0 aliphatic rings. The van der Waals surface area contributed by atoms with E-state index in [4.69, 9.17) is 11.6 Å². The van der Waals surface area contributed by atoms with E-state index in [1.807, 2.05) is 0 Å². The predicted molar refractivity (Wildman–Crippen MR) is 70.6 cm³/mol. The molecule has 0 spiro atoms. The van der Waals surface area contributed by atoms with Gasteiger partial charge in [-0.05, 0) is 17.7 Å². The zero-order valence-corrected chi connectivity index (χ0v) is 11.6. The lowest BCUT2D eigenvalue weighted by Crippen LogP contribution is -2.31. The molecule has 18 heavy (non-hydrogen) atoms. The Morgan fingerprint density at radius 2 is 2.11 bits per heavy atom. The molecule has 0 atom stereocenters. The lowest BCUT2D eigenvalue weighted by molar-refractivity contribution is 0.578. The van der Waals surface area contributed by atoms with E-state index in [0.717, 1.165) is 5.56 Å². The van der Waals surface area contributed by atoms with Crippen molar-refractivity contribution in [1.82, 2.24) is 10.0 Å². The summed E-state index contributed by atoms with van der Waals surface area (Å²) in [6, 6.07) is 4.41. The minimum atomic E-state index is -3.20. The van der Waals surface area contributed by atoms with Gasteiger partial charge in [-0.1, -0.05) is 24.6 Å². The zero-order chi connectivity index (χ0) is 13.6. The largest absolute Gasteiger partial charge is 0.312 e. The van der Waals surface area contributed by atoms with Crippen molar-refractivity contribution in [2.24, 2.45) is 0 Å². The van der Waals surface area contributed by atoms with Crippen molar-refractivity contribution in [3.05, 3.63) is 34.6 Å². The second-order valence-electron chi connectivity index (χ2n) is 3.74. The van der Waals surface area contributed by atoms with Crippen molar-refractivity contribution in [2.75, 3.05) is 18.8 Å². The summed E-state index contributed by atoms with van der Waals surface area (Å²) in [5.74, 6) is -0.453. The monoisotopic (exact) mass is 294 g/mol. The first-order chi connectivity index (χ1) is 8.44. The fraction of sp³-hybridized carbons (Fsp3) is 0.455. The Morgan fingerprint density at radius 1 is 1.39 bits per heavy atom. The van der Waals surface area contributed by atoms with Crippen molar-refractivity contribution < 1.29 is 12.8 Å². The minimum Gasteiger partial charge on any atom is -0.312 e. The molecule has 0 saturated carbocycles. The lowest BCUT2D eigenvalue weighted by atomic mass is 10.2. The molecule has 1 aromatic rings. The predicted octanol–water partition coefficient (Wildman–Crippen LogP) is 1.51. The van der Waals surface area contributed by atoms with E-state index in [0.29, 0.717) is 19.6 Å². The Hall–Kier alpha value is -0.690. The van der Waals surface area contributed by atoms with E-state index in [9.17, 15) is 12.8 Å². The van der Waals surface area contributed by atoms with E-state index in [1.54, 1.807) is 13.0 Å². The van der Waals surface area contributed by atoms with Gasteiger partial charge in [-0.15, -0.1) is 0 Å². The van der Waals surface area contributed by atoms with E-state index >= 15 is 0 Å². The summed E-state index contributed by atoms with van der Waals surface area (Å²) in [4.78, 5) is 0. The molecule has 7 heteroatoms. The van der Waals surface area contributed by atoms with Gasteiger partial charge in [0.25, 0.3) is 0 Å². The summed E-state index contributed by atoms with van der Waals surface area (Å²) in [5.41, 5.74) is 0.808. The highest BCUT2D eigenvalue weighted by molar-refractivity contribution is 7.89. The normalized spacial score (nSPS) is 11.7.